The fourth-order valence-corrected chi connectivity index (χ4v) is 2.64. The van der Waals surface area contributed by atoms with E-state index < -0.39 is 24.3 Å². The van der Waals surface area contributed by atoms with Gasteiger partial charge in [0.05, 0.1) is 19.2 Å². The van der Waals surface area contributed by atoms with Crippen molar-refractivity contribution in [2.75, 3.05) is 19.0 Å². The van der Waals surface area contributed by atoms with E-state index in [0.717, 1.165) is 0 Å². The normalized spacial score (nSPS) is 10.2. The molecule has 3 aromatic rings. The Kier molecular flexibility index (Phi) is 7.00. The van der Waals surface area contributed by atoms with Gasteiger partial charge in [0.15, 0.2) is 23.9 Å². The summed E-state index contributed by atoms with van der Waals surface area (Å²) in [6.45, 7) is -0.475. The number of halogens is 1. The number of carbonyl (C=O) groups excluding carboxylic acids is 2. The van der Waals surface area contributed by atoms with E-state index in [0.29, 0.717) is 22.7 Å². The van der Waals surface area contributed by atoms with Gasteiger partial charge in [-0.3, -0.25) is 9.59 Å². The molecule has 0 aliphatic carbocycles. The molecule has 154 valence electrons. The lowest BCUT2D eigenvalue weighted by Gasteiger charge is -2.12. The van der Waals surface area contributed by atoms with Crippen LogP contribution < -0.4 is 14.8 Å². The van der Waals surface area contributed by atoms with Gasteiger partial charge in [0.1, 0.15) is 5.75 Å². The van der Waals surface area contributed by atoms with Gasteiger partial charge in [-0.25, -0.2) is 4.39 Å². The number of ether oxygens (including phenoxy) is 3. The molecular weight excluding hydrogens is 389 g/mol. The van der Waals surface area contributed by atoms with E-state index in [1.807, 2.05) is 18.2 Å². The highest BCUT2D eigenvalue weighted by Gasteiger charge is 2.13. The van der Waals surface area contributed by atoms with Gasteiger partial charge in [-0.15, -0.1) is 0 Å². The van der Waals surface area contributed by atoms with Gasteiger partial charge in [0.25, 0.3) is 5.91 Å². The molecular formula is C23H20FNO5. The fraction of sp³-hybridized carbons (Fsp3) is 0.130. The topological polar surface area (TPSA) is 73.9 Å². The number of carbonyl (C=O) groups is 2. The SMILES string of the molecule is COc1ccc(CC(=O)OCC(=O)Nc2ccccc2Oc2ccccc2)cc1F. The molecule has 30 heavy (non-hydrogen) atoms. The Labute approximate surface area is 173 Å². The maximum Gasteiger partial charge on any atom is 0.310 e. The number of rotatable bonds is 8. The number of hydrogen-bond acceptors (Lipinski definition) is 5. The quantitative estimate of drug-likeness (QED) is 0.560. The molecule has 0 radical (unpaired) electrons. The van der Waals surface area contributed by atoms with Gasteiger partial charge < -0.3 is 19.5 Å². The van der Waals surface area contributed by atoms with E-state index in [-0.39, 0.29) is 12.2 Å². The first-order valence-electron chi connectivity index (χ1n) is 9.15. The minimum atomic E-state index is -0.650. The Morgan fingerprint density at radius 2 is 1.67 bits per heavy atom. The predicted octanol–water partition coefficient (Wildman–Crippen LogP) is 4.35. The summed E-state index contributed by atoms with van der Waals surface area (Å²) in [6, 6.07) is 20.2. The lowest BCUT2D eigenvalue weighted by molar-refractivity contribution is -0.146. The summed E-state index contributed by atoms with van der Waals surface area (Å²) in [5.41, 5.74) is 0.861. The van der Waals surface area contributed by atoms with Crippen molar-refractivity contribution >= 4 is 17.6 Å². The standard InChI is InChI=1S/C23H20FNO5/c1-28-20-12-11-16(13-18(20)24)14-23(27)29-15-22(26)25-19-9-5-6-10-21(19)30-17-7-3-2-4-8-17/h2-13H,14-15H2,1H3,(H,25,26). The van der Waals surface area contributed by atoms with Crippen LogP contribution in [0, 0.1) is 5.82 Å². The van der Waals surface area contributed by atoms with Crippen LogP contribution in [-0.2, 0) is 20.7 Å². The summed E-state index contributed by atoms with van der Waals surface area (Å²) in [5.74, 6) is -0.579. The summed E-state index contributed by atoms with van der Waals surface area (Å²) >= 11 is 0. The molecule has 0 fully saturated rings. The molecule has 1 amide bonds. The third-order valence-corrected chi connectivity index (χ3v) is 4.06. The van der Waals surface area contributed by atoms with Crippen LogP contribution in [-0.4, -0.2) is 25.6 Å². The van der Waals surface area contributed by atoms with E-state index in [9.17, 15) is 14.0 Å². The average molecular weight is 409 g/mol. The molecule has 0 spiro atoms. The number of benzene rings is 3. The number of esters is 1. The van der Waals surface area contributed by atoms with Gasteiger partial charge in [0, 0.05) is 0 Å². The van der Waals surface area contributed by atoms with Crippen LogP contribution in [0.5, 0.6) is 17.2 Å². The Morgan fingerprint density at radius 3 is 2.40 bits per heavy atom. The fourth-order valence-electron chi connectivity index (χ4n) is 2.64. The highest BCUT2D eigenvalue weighted by atomic mass is 19.1. The first kappa shape index (κ1) is 20.9. The molecule has 0 heterocycles. The lowest BCUT2D eigenvalue weighted by atomic mass is 10.1. The van der Waals surface area contributed by atoms with Crippen molar-refractivity contribution in [1.29, 1.82) is 0 Å². The highest BCUT2D eigenvalue weighted by molar-refractivity contribution is 5.94. The molecule has 6 nitrogen and oxygen atoms in total. The smallest absolute Gasteiger partial charge is 0.310 e. The summed E-state index contributed by atoms with van der Waals surface area (Å²) in [5, 5.41) is 2.66. The van der Waals surface area contributed by atoms with Crippen LogP contribution in [0.3, 0.4) is 0 Å². The van der Waals surface area contributed by atoms with Gasteiger partial charge in [0.2, 0.25) is 0 Å². The minimum absolute atomic E-state index is 0.0860. The van der Waals surface area contributed by atoms with E-state index in [2.05, 4.69) is 5.32 Å². The maximum absolute atomic E-state index is 13.7. The van der Waals surface area contributed by atoms with Crippen LogP contribution in [0.4, 0.5) is 10.1 Å². The number of hydrogen-bond donors (Lipinski definition) is 1. The van der Waals surface area contributed by atoms with Crippen molar-refractivity contribution in [3.63, 3.8) is 0 Å². The van der Waals surface area contributed by atoms with Crippen molar-refractivity contribution in [3.8, 4) is 17.2 Å². The lowest BCUT2D eigenvalue weighted by Crippen LogP contribution is -2.21. The second-order valence-corrected chi connectivity index (χ2v) is 6.27. The van der Waals surface area contributed by atoms with Crippen molar-refractivity contribution < 1.29 is 28.2 Å². The monoisotopic (exact) mass is 409 g/mol. The Hall–Kier alpha value is -3.87. The largest absolute Gasteiger partial charge is 0.494 e. The number of anilines is 1. The zero-order valence-corrected chi connectivity index (χ0v) is 16.3. The van der Waals surface area contributed by atoms with Crippen molar-refractivity contribution in [3.05, 3.63) is 84.2 Å². The maximum atomic E-state index is 13.7. The molecule has 0 aromatic heterocycles. The zero-order valence-electron chi connectivity index (χ0n) is 16.3. The third kappa shape index (κ3) is 5.81. The Balaban J connectivity index is 1.53. The molecule has 0 unspecified atom stereocenters. The van der Waals surface area contributed by atoms with Crippen LogP contribution in [0.15, 0.2) is 72.8 Å². The van der Waals surface area contributed by atoms with Crippen molar-refractivity contribution in [2.24, 2.45) is 0 Å². The molecule has 0 atom stereocenters. The van der Waals surface area contributed by atoms with E-state index in [1.54, 1.807) is 42.5 Å². The van der Waals surface area contributed by atoms with Gasteiger partial charge >= 0.3 is 5.97 Å². The average Bonchev–Trinajstić information content (AvgIpc) is 2.75. The van der Waals surface area contributed by atoms with Crippen LogP contribution in [0.1, 0.15) is 5.56 Å². The molecule has 0 aliphatic rings. The summed E-state index contributed by atoms with van der Waals surface area (Å²) in [6.07, 6.45) is -0.165. The predicted molar refractivity (Wildman–Crippen MR) is 109 cm³/mol. The van der Waals surface area contributed by atoms with Gasteiger partial charge in [-0.1, -0.05) is 36.4 Å². The number of para-hydroxylation sites is 3. The van der Waals surface area contributed by atoms with E-state index in [1.165, 1.54) is 19.2 Å². The highest BCUT2D eigenvalue weighted by Crippen LogP contribution is 2.29. The first-order chi connectivity index (χ1) is 14.5. The first-order valence-corrected chi connectivity index (χ1v) is 9.15. The Bertz CT molecular complexity index is 1020. The van der Waals surface area contributed by atoms with Crippen molar-refractivity contribution in [1.82, 2.24) is 0 Å². The van der Waals surface area contributed by atoms with E-state index >= 15 is 0 Å². The zero-order chi connectivity index (χ0) is 21.3. The number of methoxy groups -OCH3 is 1. The molecule has 0 saturated carbocycles. The van der Waals surface area contributed by atoms with Crippen LogP contribution in [0.25, 0.3) is 0 Å². The van der Waals surface area contributed by atoms with E-state index in [4.69, 9.17) is 14.2 Å². The minimum Gasteiger partial charge on any atom is -0.494 e. The van der Waals surface area contributed by atoms with Crippen LogP contribution >= 0.6 is 0 Å². The summed E-state index contributed by atoms with van der Waals surface area (Å²) in [7, 11) is 1.36. The summed E-state index contributed by atoms with van der Waals surface area (Å²) in [4.78, 5) is 24.2. The second kappa shape index (κ2) is 10.1. The molecule has 3 rings (SSSR count). The number of amides is 1. The van der Waals surface area contributed by atoms with Crippen LogP contribution in [0.2, 0.25) is 0 Å². The Morgan fingerprint density at radius 1 is 0.933 bits per heavy atom. The van der Waals surface area contributed by atoms with Gasteiger partial charge in [-0.05, 0) is 42.0 Å². The molecule has 0 bridgehead atoms. The molecule has 0 aliphatic heterocycles. The number of nitrogens with one attached hydrogen (secondary N) is 1. The van der Waals surface area contributed by atoms with Gasteiger partial charge in [-0.2, -0.15) is 0 Å². The van der Waals surface area contributed by atoms with Crippen molar-refractivity contribution in [2.45, 2.75) is 6.42 Å². The molecule has 7 heteroatoms. The third-order valence-electron chi connectivity index (χ3n) is 4.06. The summed E-state index contributed by atoms with van der Waals surface area (Å²) < 4.78 is 29.3. The molecule has 1 N–H and O–H groups in total. The second-order valence-electron chi connectivity index (χ2n) is 6.27. The molecule has 3 aromatic carbocycles. The molecule has 0 saturated heterocycles.